The molecule has 0 saturated carbocycles. The lowest BCUT2D eigenvalue weighted by Crippen LogP contribution is -2.37. The van der Waals surface area contributed by atoms with Crippen LogP contribution in [0.1, 0.15) is 23.1 Å². The number of nitrogens with zero attached hydrogens (tertiary/aromatic N) is 1. The van der Waals surface area contributed by atoms with Gasteiger partial charge in [0, 0.05) is 31.6 Å². The number of amides is 2. The van der Waals surface area contributed by atoms with Gasteiger partial charge in [0.15, 0.2) is 0 Å². The van der Waals surface area contributed by atoms with Crippen molar-refractivity contribution in [3.8, 4) is 11.5 Å². The van der Waals surface area contributed by atoms with Gasteiger partial charge in [-0.3, -0.25) is 9.59 Å². The van der Waals surface area contributed by atoms with Gasteiger partial charge in [-0.05, 0) is 48.4 Å². The molecule has 0 spiro atoms. The molecule has 0 aliphatic carbocycles. The summed E-state index contributed by atoms with van der Waals surface area (Å²) in [4.78, 5) is 25.3. The Balaban J connectivity index is 1.65. The fourth-order valence-corrected chi connectivity index (χ4v) is 3.24. The Hall–Kier alpha value is -3.29. The van der Waals surface area contributed by atoms with Crippen LogP contribution in [-0.4, -0.2) is 29.8 Å². The molecule has 5 nitrogen and oxygen atoms in total. The van der Waals surface area contributed by atoms with Crippen molar-refractivity contribution in [2.75, 3.05) is 13.1 Å². The van der Waals surface area contributed by atoms with E-state index in [1.54, 1.807) is 17.0 Å². The molecule has 1 aliphatic heterocycles. The molecule has 2 aromatic rings. The fraction of sp³-hybridized carbons (Fsp3) is 0.273. The zero-order valence-corrected chi connectivity index (χ0v) is 16.2. The highest BCUT2D eigenvalue weighted by Gasteiger charge is 2.30. The maximum atomic E-state index is 12.7. The Labute approximate surface area is 172 Å². The summed E-state index contributed by atoms with van der Waals surface area (Å²) in [7, 11) is 0. The lowest BCUT2D eigenvalue weighted by atomic mass is 9.98. The van der Waals surface area contributed by atoms with Gasteiger partial charge in [-0.25, -0.2) is 0 Å². The molecule has 0 atom stereocenters. The van der Waals surface area contributed by atoms with E-state index in [4.69, 9.17) is 4.74 Å². The van der Waals surface area contributed by atoms with Crippen LogP contribution in [0.2, 0.25) is 0 Å². The summed E-state index contributed by atoms with van der Waals surface area (Å²) in [6.45, 7) is 4.50. The van der Waals surface area contributed by atoms with Crippen LogP contribution in [0.25, 0.3) is 0 Å². The van der Waals surface area contributed by atoms with E-state index >= 15 is 0 Å². The third-order valence-corrected chi connectivity index (χ3v) is 4.81. The van der Waals surface area contributed by atoms with Gasteiger partial charge in [0.05, 0.1) is 5.56 Å². The third kappa shape index (κ3) is 5.20. The number of ether oxygens (including phenoxy) is 1. The van der Waals surface area contributed by atoms with Crippen LogP contribution < -0.4 is 10.1 Å². The molecule has 0 radical (unpaired) electrons. The van der Waals surface area contributed by atoms with Gasteiger partial charge in [-0.1, -0.05) is 18.7 Å². The molecular weight excluding hydrogens is 397 g/mol. The van der Waals surface area contributed by atoms with Gasteiger partial charge in [-0.15, -0.1) is 0 Å². The molecule has 0 saturated heterocycles. The molecule has 2 amide bonds. The smallest absolute Gasteiger partial charge is 0.416 e. The average Bonchev–Trinajstić information content (AvgIpc) is 2.73. The number of carbonyl (C=O) groups is 2. The molecule has 0 bridgehead atoms. The highest BCUT2D eigenvalue weighted by molar-refractivity contribution is 5.87. The summed E-state index contributed by atoms with van der Waals surface area (Å²) in [6.07, 6.45) is -2.48. The predicted octanol–water partition coefficient (Wildman–Crippen LogP) is 4.07. The number of alkyl halides is 3. The Morgan fingerprint density at radius 2 is 1.90 bits per heavy atom. The lowest BCUT2D eigenvalue weighted by molar-refractivity contribution is -0.137. The number of hydrogen-bond acceptors (Lipinski definition) is 3. The van der Waals surface area contributed by atoms with Crippen LogP contribution in [0.4, 0.5) is 13.2 Å². The number of nitrogens with one attached hydrogen (secondary N) is 1. The zero-order chi connectivity index (χ0) is 21.7. The van der Waals surface area contributed by atoms with E-state index in [9.17, 15) is 22.8 Å². The van der Waals surface area contributed by atoms with Crippen LogP contribution in [0.15, 0.2) is 55.1 Å². The highest BCUT2D eigenvalue weighted by Crippen LogP contribution is 2.34. The first-order valence-corrected chi connectivity index (χ1v) is 9.42. The zero-order valence-electron chi connectivity index (χ0n) is 16.2. The monoisotopic (exact) mass is 418 g/mol. The maximum absolute atomic E-state index is 12.7. The first-order chi connectivity index (χ1) is 14.3. The molecule has 8 heteroatoms. The molecule has 0 unspecified atom stereocenters. The van der Waals surface area contributed by atoms with E-state index in [1.165, 1.54) is 12.1 Å². The molecule has 1 N–H and O–H groups in total. The van der Waals surface area contributed by atoms with Crippen molar-refractivity contribution in [1.29, 1.82) is 0 Å². The van der Waals surface area contributed by atoms with Crippen molar-refractivity contribution in [1.82, 2.24) is 10.2 Å². The van der Waals surface area contributed by atoms with Crippen LogP contribution in [0, 0.1) is 0 Å². The van der Waals surface area contributed by atoms with E-state index in [0.29, 0.717) is 31.0 Å². The number of benzene rings is 2. The second kappa shape index (κ2) is 9.02. The highest BCUT2D eigenvalue weighted by atomic mass is 19.4. The van der Waals surface area contributed by atoms with Gasteiger partial charge in [0.25, 0.3) is 0 Å². The van der Waals surface area contributed by atoms with E-state index < -0.39 is 11.7 Å². The largest absolute Gasteiger partial charge is 0.457 e. The van der Waals surface area contributed by atoms with Crippen LogP contribution >= 0.6 is 0 Å². The van der Waals surface area contributed by atoms with Gasteiger partial charge < -0.3 is 15.0 Å². The van der Waals surface area contributed by atoms with Crippen molar-refractivity contribution in [2.24, 2.45) is 0 Å². The Kier molecular flexibility index (Phi) is 6.44. The van der Waals surface area contributed by atoms with Crippen molar-refractivity contribution in [2.45, 2.75) is 25.6 Å². The second-order valence-electron chi connectivity index (χ2n) is 6.83. The standard InChI is InChI=1S/C22H21F3N2O3/c1-2-20(28)26-12-10-21(29)27-13-11-18-15(14-27)4-3-5-19(18)30-17-8-6-16(7-9-17)22(23,24)25/h2-9H,1,10-14H2,(H,26,28). The Morgan fingerprint density at radius 1 is 1.17 bits per heavy atom. The first kappa shape index (κ1) is 21.4. The molecule has 0 aromatic heterocycles. The molecule has 1 heterocycles. The minimum Gasteiger partial charge on any atom is -0.457 e. The molecule has 0 fully saturated rings. The average molecular weight is 418 g/mol. The maximum Gasteiger partial charge on any atom is 0.416 e. The fourth-order valence-electron chi connectivity index (χ4n) is 3.24. The molecule has 1 aliphatic rings. The van der Waals surface area contributed by atoms with Crippen molar-refractivity contribution < 1.29 is 27.5 Å². The number of halogens is 3. The van der Waals surface area contributed by atoms with E-state index in [-0.39, 0.29) is 24.8 Å². The quantitative estimate of drug-likeness (QED) is 0.720. The van der Waals surface area contributed by atoms with Crippen molar-refractivity contribution in [3.05, 3.63) is 71.8 Å². The van der Waals surface area contributed by atoms with Gasteiger partial charge in [-0.2, -0.15) is 13.2 Å². The lowest BCUT2D eigenvalue weighted by Gasteiger charge is -2.30. The summed E-state index contributed by atoms with van der Waals surface area (Å²) >= 11 is 0. The SMILES string of the molecule is C=CC(=O)NCCC(=O)N1CCc2c(cccc2Oc2ccc(C(F)(F)F)cc2)C1. The first-order valence-electron chi connectivity index (χ1n) is 9.42. The normalized spacial score (nSPS) is 13.4. The number of rotatable bonds is 6. The predicted molar refractivity (Wildman–Crippen MR) is 105 cm³/mol. The van der Waals surface area contributed by atoms with Gasteiger partial charge >= 0.3 is 6.18 Å². The minimum atomic E-state index is -4.39. The number of hydrogen-bond donors (Lipinski definition) is 1. The van der Waals surface area contributed by atoms with Gasteiger partial charge in [0.2, 0.25) is 11.8 Å². The molecule has 2 aromatic carbocycles. The van der Waals surface area contributed by atoms with E-state index in [0.717, 1.165) is 29.3 Å². The Morgan fingerprint density at radius 3 is 2.57 bits per heavy atom. The molecular formula is C22H21F3N2O3. The molecule has 3 rings (SSSR count). The summed E-state index contributed by atoms with van der Waals surface area (Å²) in [5.41, 5.74) is 1.12. The summed E-state index contributed by atoms with van der Waals surface area (Å²) < 4.78 is 43.9. The second-order valence-corrected chi connectivity index (χ2v) is 6.83. The topological polar surface area (TPSA) is 58.6 Å². The number of carbonyl (C=O) groups excluding carboxylic acids is 2. The van der Waals surface area contributed by atoms with Crippen LogP contribution in [-0.2, 0) is 28.7 Å². The van der Waals surface area contributed by atoms with Crippen LogP contribution in [0.3, 0.4) is 0 Å². The van der Waals surface area contributed by atoms with E-state index in [1.807, 2.05) is 6.07 Å². The third-order valence-electron chi connectivity index (χ3n) is 4.81. The summed E-state index contributed by atoms with van der Waals surface area (Å²) in [6, 6.07) is 9.99. The molecule has 30 heavy (non-hydrogen) atoms. The van der Waals surface area contributed by atoms with Crippen LogP contribution in [0.5, 0.6) is 11.5 Å². The minimum absolute atomic E-state index is 0.0703. The van der Waals surface area contributed by atoms with E-state index in [2.05, 4.69) is 11.9 Å². The molecule has 158 valence electrons. The summed E-state index contributed by atoms with van der Waals surface area (Å²) in [5.74, 6) is 0.487. The van der Waals surface area contributed by atoms with Crippen molar-refractivity contribution >= 4 is 11.8 Å². The van der Waals surface area contributed by atoms with Gasteiger partial charge in [0.1, 0.15) is 11.5 Å². The summed E-state index contributed by atoms with van der Waals surface area (Å²) in [5, 5.41) is 2.58. The van der Waals surface area contributed by atoms with Crippen molar-refractivity contribution in [3.63, 3.8) is 0 Å². The Bertz CT molecular complexity index is 940. The number of fused-ring (bicyclic) bond motifs is 1.